The van der Waals surface area contributed by atoms with E-state index in [0.29, 0.717) is 30.2 Å². The number of rotatable bonds is 6. The molecule has 0 aliphatic carbocycles. The molecule has 3 rings (SSSR count). The third-order valence-corrected chi connectivity index (χ3v) is 7.31. The van der Waals surface area contributed by atoms with E-state index in [-0.39, 0.29) is 34.8 Å². The molecule has 1 aliphatic rings. The van der Waals surface area contributed by atoms with Crippen molar-refractivity contribution >= 4 is 21.7 Å². The number of benzene rings is 1. The van der Waals surface area contributed by atoms with Gasteiger partial charge >= 0.3 is 0 Å². The fourth-order valence-corrected chi connectivity index (χ4v) is 4.93. The van der Waals surface area contributed by atoms with Crippen LogP contribution in [0.5, 0.6) is 0 Å². The van der Waals surface area contributed by atoms with Gasteiger partial charge in [-0.3, -0.25) is 9.59 Å². The molecule has 2 heterocycles. The van der Waals surface area contributed by atoms with Gasteiger partial charge in [0, 0.05) is 38.7 Å². The van der Waals surface area contributed by atoms with Crippen LogP contribution in [0.25, 0.3) is 0 Å². The highest BCUT2D eigenvalue weighted by atomic mass is 32.2. The number of carbonyl (C=O) groups is 2. The Morgan fingerprint density at radius 3 is 2.55 bits per heavy atom. The number of carbonyl (C=O) groups excluding carboxylic acids is 2. The maximum absolute atomic E-state index is 12.7. The van der Waals surface area contributed by atoms with E-state index < -0.39 is 9.84 Å². The summed E-state index contributed by atoms with van der Waals surface area (Å²) in [7, 11) is -1.95. The number of nitrogens with one attached hydrogen (secondary N) is 1. The van der Waals surface area contributed by atoms with Crippen molar-refractivity contribution in [3.05, 3.63) is 53.1 Å². The Kier molecular flexibility index (Phi) is 7.04. The molecular formula is C22H28N4O4S. The number of piperidine rings is 1. The lowest BCUT2D eigenvalue weighted by Crippen LogP contribution is -2.40. The van der Waals surface area contributed by atoms with Crippen molar-refractivity contribution < 1.29 is 18.0 Å². The second-order valence-corrected chi connectivity index (χ2v) is 9.98. The first kappa shape index (κ1) is 22.9. The highest BCUT2D eigenvalue weighted by Crippen LogP contribution is 2.25. The molecule has 1 fully saturated rings. The van der Waals surface area contributed by atoms with E-state index >= 15 is 0 Å². The Morgan fingerprint density at radius 1 is 1.19 bits per heavy atom. The van der Waals surface area contributed by atoms with Gasteiger partial charge < -0.3 is 10.2 Å². The summed E-state index contributed by atoms with van der Waals surface area (Å²) in [5.41, 5.74) is 2.00. The molecule has 1 atom stereocenters. The highest BCUT2D eigenvalue weighted by molar-refractivity contribution is 7.91. The Labute approximate surface area is 183 Å². The molecule has 9 heteroatoms. The number of likely N-dealkylation sites (tertiary alicyclic amines) is 1. The molecule has 1 saturated heterocycles. The van der Waals surface area contributed by atoms with Crippen LogP contribution >= 0.6 is 0 Å². The van der Waals surface area contributed by atoms with Crippen molar-refractivity contribution in [1.29, 1.82) is 0 Å². The fraction of sp³-hybridized carbons (Fsp3) is 0.455. The van der Waals surface area contributed by atoms with Gasteiger partial charge in [0.1, 0.15) is 5.82 Å². The molecule has 2 amide bonds. The predicted molar refractivity (Wildman–Crippen MR) is 117 cm³/mol. The van der Waals surface area contributed by atoms with E-state index in [1.807, 2.05) is 6.92 Å². The molecule has 0 saturated carbocycles. The number of sulfone groups is 1. The maximum atomic E-state index is 12.7. The Hall–Kier alpha value is -2.81. The van der Waals surface area contributed by atoms with Gasteiger partial charge in [-0.1, -0.05) is 17.7 Å². The summed E-state index contributed by atoms with van der Waals surface area (Å²) in [6.45, 7) is 4.69. The van der Waals surface area contributed by atoms with Crippen LogP contribution in [0.2, 0.25) is 0 Å². The van der Waals surface area contributed by atoms with Gasteiger partial charge in [-0.25, -0.2) is 18.4 Å². The highest BCUT2D eigenvalue weighted by Gasteiger charge is 2.28. The average Bonchev–Trinajstić information content (AvgIpc) is 2.77. The van der Waals surface area contributed by atoms with Crippen LogP contribution < -0.4 is 5.32 Å². The summed E-state index contributed by atoms with van der Waals surface area (Å²) < 4.78 is 25.1. The third-order valence-electron chi connectivity index (χ3n) is 5.57. The molecule has 166 valence electrons. The monoisotopic (exact) mass is 444 g/mol. The Bertz CT molecular complexity index is 1070. The van der Waals surface area contributed by atoms with Gasteiger partial charge in [0.15, 0.2) is 9.84 Å². The molecule has 1 aromatic carbocycles. The van der Waals surface area contributed by atoms with E-state index in [0.717, 1.165) is 18.4 Å². The largest absolute Gasteiger partial charge is 0.355 e. The minimum absolute atomic E-state index is 0.0381. The van der Waals surface area contributed by atoms with Crippen LogP contribution in [-0.4, -0.2) is 61.0 Å². The van der Waals surface area contributed by atoms with Crippen molar-refractivity contribution in [2.24, 2.45) is 0 Å². The number of amides is 2. The van der Waals surface area contributed by atoms with Crippen LogP contribution in [0.3, 0.4) is 0 Å². The fourth-order valence-electron chi connectivity index (χ4n) is 3.70. The Morgan fingerprint density at radius 2 is 1.90 bits per heavy atom. The van der Waals surface area contributed by atoms with Crippen LogP contribution in [0.4, 0.5) is 0 Å². The second kappa shape index (κ2) is 9.55. The lowest BCUT2D eigenvalue weighted by molar-refractivity contribution is -0.132. The third kappa shape index (κ3) is 5.46. The van der Waals surface area contributed by atoms with E-state index in [4.69, 9.17) is 0 Å². The molecule has 31 heavy (non-hydrogen) atoms. The summed E-state index contributed by atoms with van der Waals surface area (Å²) in [5, 5.41) is 2.56. The smallest absolute Gasteiger partial charge is 0.254 e. The minimum Gasteiger partial charge on any atom is -0.355 e. The van der Waals surface area contributed by atoms with E-state index in [2.05, 4.69) is 15.3 Å². The molecule has 1 N–H and O–H groups in total. The molecule has 0 bridgehead atoms. The number of hydrogen-bond acceptors (Lipinski definition) is 6. The average molecular weight is 445 g/mol. The lowest BCUT2D eigenvalue weighted by Gasteiger charge is -2.32. The van der Waals surface area contributed by atoms with Crippen LogP contribution in [0.15, 0.2) is 35.4 Å². The van der Waals surface area contributed by atoms with Gasteiger partial charge in [-0.2, -0.15) is 0 Å². The van der Waals surface area contributed by atoms with Crippen molar-refractivity contribution in [2.45, 2.75) is 43.9 Å². The first-order valence-electron chi connectivity index (χ1n) is 10.3. The molecule has 0 spiro atoms. The van der Waals surface area contributed by atoms with Gasteiger partial charge in [0.25, 0.3) is 5.91 Å². The topological polar surface area (TPSA) is 109 Å². The van der Waals surface area contributed by atoms with Gasteiger partial charge in [-0.15, -0.1) is 0 Å². The molecule has 0 unspecified atom stereocenters. The Balaban J connectivity index is 1.63. The van der Waals surface area contributed by atoms with Gasteiger partial charge in [0.05, 0.1) is 21.9 Å². The lowest BCUT2D eigenvalue weighted by atomic mass is 9.96. The first-order valence-corrected chi connectivity index (χ1v) is 12.0. The number of hydrogen-bond donors (Lipinski definition) is 1. The zero-order chi connectivity index (χ0) is 22.6. The number of aryl methyl sites for hydroxylation is 2. The molecular weight excluding hydrogens is 416 g/mol. The van der Waals surface area contributed by atoms with Crippen molar-refractivity contribution in [1.82, 2.24) is 20.2 Å². The van der Waals surface area contributed by atoms with Crippen molar-refractivity contribution in [3.8, 4) is 0 Å². The normalized spacial score (nSPS) is 16.7. The molecule has 0 radical (unpaired) electrons. The summed E-state index contributed by atoms with van der Waals surface area (Å²) >= 11 is 0. The second-order valence-electron chi connectivity index (χ2n) is 7.87. The van der Waals surface area contributed by atoms with Crippen molar-refractivity contribution in [3.63, 3.8) is 0 Å². The SMILES string of the molecule is CNC(=O)c1cnc([C@@H]2CCCN(C(=O)CCS(=O)(=O)c3ccc(C)cc3)C2)nc1C. The quantitative estimate of drug-likeness (QED) is 0.730. The first-order chi connectivity index (χ1) is 14.7. The summed E-state index contributed by atoms with van der Waals surface area (Å²) in [4.78, 5) is 35.3. The molecule has 2 aromatic rings. The van der Waals surface area contributed by atoms with Crippen LogP contribution in [0.1, 0.15) is 52.6 Å². The van der Waals surface area contributed by atoms with Crippen LogP contribution in [0, 0.1) is 13.8 Å². The van der Waals surface area contributed by atoms with E-state index in [1.54, 1.807) is 43.1 Å². The maximum Gasteiger partial charge on any atom is 0.254 e. The zero-order valence-electron chi connectivity index (χ0n) is 18.1. The van der Waals surface area contributed by atoms with E-state index in [9.17, 15) is 18.0 Å². The predicted octanol–water partition coefficient (Wildman–Crippen LogP) is 2.02. The molecule has 1 aromatic heterocycles. The standard InChI is InChI=1S/C22H28N4O4S/c1-15-6-8-18(9-7-15)31(29,30)12-10-20(27)26-11-4-5-17(14-26)21-24-13-19(16(2)25-21)22(28)23-3/h6-9,13,17H,4-5,10-12,14H2,1-3H3,(H,23,28)/t17-/m1/s1. The number of nitrogens with zero attached hydrogens (tertiary/aromatic N) is 3. The summed E-state index contributed by atoms with van der Waals surface area (Å²) in [6, 6.07) is 6.66. The minimum atomic E-state index is -3.51. The van der Waals surface area contributed by atoms with Crippen LogP contribution in [-0.2, 0) is 14.6 Å². The number of aromatic nitrogens is 2. The molecule has 1 aliphatic heterocycles. The zero-order valence-corrected chi connectivity index (χ0v) is 18.9. The van der Waals surface area contributed by atoms with Gasteiger partial charge in [-0.05, 0) is 38.8 Å². The van der Waals surface area contributed by atoms with E-state index in [1.165, 1.54) is 6.20 Å². The van der Waals surface area contributed by atoms with Crippen molar-refractivity contribution in [2.75, 3.05) is 25.9 Å². The van der Waals surface area contributed by atoms with Gasteiger partial charge in [0.2, 0.25) is 5.91 Å². The summed E-state index contributed by atoms with van der Waals surface area (Å²) in [6.07, 6.45) is 3.09. The summed E-state index contributed by atoms with van der Waals surface area (Å²) in [5.74, 6) is -0.0656. The molecule has 8 nitrogen and oxygen atoms in total.